The highest BCUT2D eigenvalue weighted by Crippen LogP contribution is 2.34. The number of anilines is 2. The maximum Gasteiger partial charge on any atom is 0.356 e. The van der Waals surface area contributed by atoms with Crippen LogP contribution < -0.4 is 5.32 Å². The van der Waals surface area contributed by atoms with E-state index >= 15 is 0 Å². The number of rotatable bonds is 4. The third-order valence-electron chi connectivity index (χ3n) is 3.53. The van der Waals surface area contributed by atoms with Crippen molar-refractivity contribution >= 4 is 39.8 Å². The van der Waals surface area contributed by atoms with E-state index in [2.05, 4.69) is 15.3 Å². The zero-order valence-electron chi connectivity index (χ0n) is 15.1. The van der Waals surface area contributed by atoms with Crippen LogP contribution >= 0.6 is 11.6 Å². The fourth-order valence-electron chi connectivity index (χ4n) is 2.42. The van der Waals surface area contributed by atoms with Crippen LogP contribution in [0.15, 0.2) is 30.6 Å². The Morgan fingerprint density at radius 1 is 1.35 bits per heavy atom. The van der Waals surface area contributed by atoms with Gasteiger partial charge in [0.1, 0.15) is 11.5 Å². The predicted octanol–water partition coefficient (Wildman–Crippen LogP) is 5.61. The molecule has 2 aromatic heterocycles. The number of aromatic amines is 1. The minimum atomic E-state index is -0.556. The van der Waals surface area contributed by atoms with E-state index in [-0.39, 0.29) is 18.0 Å². The van der Waals surface area contributed by atoms with Crippen LogP contribution in [0.2, 0.25) is 5.02 Å². The van der Waals surface area contributed by atoms with Gasteiger partial charge in [0, 0.05) is 17.8 Å². The largest absolute Gasteiger partial charge is 0.461 e. The topological polar surface area (TPSA) is 67.0 Å². The summed E-state index contributed by atoms with van der Waals surface area (Å²) in [5.41, 5.74) is 2.12. The van der Waals surface area contributed by atoms with Crippen LogP contribution in [0.3, 0.4) is 0 Å². The molecule has 0 bridgehead atoms. The number of halogens is 2. The number of hydrogen-bond acceptors (Lipinski definition) is 4. The van der Waals surface area contributed by atoms with Crippen molar-refractivity contribution < 1.29 is 13.9 Å². The lowest BCUT2D eigenvalue weighted by Crippen LogP contribution is -2.08. The zero-order valence-corrected chi connectivity index (χ0v) is 15.9. The zero-order chi connectivity index (χ0) is 19.3. The van der Waals surface area contributed by atoms with Crippen LogP contribution in [0, 0.1) is 12.7 Å². The van der Waals surface area contributed by atoms with Gasteiger partial charge in [-0.15, -0.1) is 0 Å². The SMILES string of the molecule is CC.CCOC(=O)c1[nH]c2c(Cl)cncc2c1Nc1ccc(C)cc1F. The number of esters is 1. The second kappa shape index (κ2) is 8.67. The molecule has 0 unspecified atom stereocenters. The number of nitrogens with one attached hydrogen (secondary N) is 2. The van der Waals surface area contributed by atoms with Crippen LogP contribution in [0.1, 0.15) is 36.8 Å². The summed E-state index contributed by atoms with van der Waals surface area (Å²) in [4.78, 5) is 19.2. The second-order valence-electron chi connectivity index (χ2n) is 5.25. The number of H-pyrrole nitrogens is 1. The van der Waals surface area contributed by atoms with Gasteiger partial charge in [-0.2, -0.15) is 0 Å². The van der Waals surface area contributed by atoms with Gasteiger partial charge >= 0.3 is 5.97 Å². The van der Waals surface area contributed by atoms with Crippen molar-refractivity contribution in [2.75, 3.05) is 11.9 Å². The number of nitrogens with zero attached hydrogens (tertiary/aromatic N) is 1. The Bertz CT molecular complexity index is 925. The molecule has 0 saturated carbocycles. The Hall–Kier alpha value is -2.60. The van der Waals surface area contributed by atoms with E-state index in [1.807, 2.05) is 13.8 Å². The Morgan fingerprint density at radius 2 is 2.08 bits per heavy atom. The van der Waals surface area contributed by atoms with E-state index < -0.39 is 11.8 Å². The Morgan fingerprint density at radius 3 is 2.73 bits per heavy atom. The lowest BCUT2D eigenvalue weighted by atomic mass is 10.2. The quantitative estimate of drug-likeness (QED) is 0.580. The summed E-state index contributed by atoms with van der Waals surface area (Å²) >= 11 is 6.13. The molecular formula is C19H21ClFN3O2. The normalized spacial score (nSPS) is 10.2. The fraction of sp³-hybridized carbons (Fsp3) is 0.263. The number of pyridine rings is 1. The van der Waals surface area contributed by atoms with E-state index in [4.69, 9.17) is 16.3 Å². The molecule has 0 radical (unpaired) electrons. The molecule has 26 heavy (non-hydrogen) atoms. The summed E-state index contributed by atoms with van der Waals surface area (Å²) in [6, 6.07) is 4.79. The van der Waals surface area contributed by atoms with Gasteiger partial charge in [-0.1, -0.05) is 31.5 Å². The van der Waals surface area contributed by atoms with Gasteiger partial charge < -0.3 is 15.0 Å². The number of ether oxygens (including phenoxy) is 1. The Kier molecular flexibility index (Phi) is 6.58. The minimum absolute atomic E-state index is 0.168. The van der Waals surface area contributed by atoms with Gasteiger partial charge in [0.25, 0.3) is 0 Å². The molecule has 138 valence electrons. The summed E-state index contributed by atoms with van der Waals surface area (Å²) in [6.07, 6.45) is 3.01. The van der Waals surface area contributed by atoms with Crippen molar-refractivity contribution in [2.24, 2.45) is 0 Å². The van der Waals surface area contributed by atoms with Gasteiger partial charge in [-0.25, -0.2) is 9.18 Å². The number of carbonyl (C=O) groups is 1. The standard InChI is InChI=1S/C17H15ClFN3O2.C2H6/c1-3-24-17(23)16-15(10-7-20-8-11(18)14(10)22-16)21-13-5-4-9(2)6-12(13)19;1-2/h4-8,21-22H,3H2,1-2H3;1-2H3. The van der Waals surface area contributed by atoms with Crippen molar-refractivity contribution in [3.63, 3.8) is 0 Å². The molecule has 0 aliphatic carbocycles. The van der Waals surface area contributed by atoms with Crippen LogP contribution in [0.25, 0.3) is 10.9 Å². The van der Waals surface area contributed by atoms with Crippen molar-refractivity contribution in [3.8, 4) is 0 Å². The lowest BCUT2D eigenvalue weighted by molar-refractivity contribution is 0.0522. The van der Waals surface area contributed by atoms with E-state index in [9.17, 15) is 9.18 Å². The smallest absolute Gasteiger partial charge is 0.356 e. The van der Waals surface area contributed by atoms with Crippen molar-refractivity contribution in [2.45, 2.75) is 27.7 Å². The predicted molar refractivity (Wildman–Crippen MR) is 103 cm³/mol. The highest BCUT2D eigenvalue weighted by molar-refractivity contribution is 6.35. The molecule has 5 nitrogen and oxygen atoms in total. The van der Waals surface area contributed by atoms with Crippen LogP contribution in [-0.4, -0.2) is 22.5 Å². The average molecular weight is 378 g/mol. The van der Waals surface area contributed by atoms with Crippen LogP contribution in [0.4, 0.5) is 15.8 Å². The number of aromatic nitrogens is 2. The molecule has 2 heterocycles. The summed E-state index contributed by atoms with van der Waals surface area (Å²) < 4.78 is 19.2. The van der Waals surface area contributed by atoms with Crippen molar-refractivity contribution in [3.05, 3.63) is 52.7 Å². The van der Waals surface area contributed by atoms with Gasteiger partial charge in [0.2, 0.25) is 0 Å². The van der Waals surface area contributed by atoms with Gasteiger partial charge in [0.05, 0.1) is 28.5 Å². The highest BCUT2D eigenvalue weighted by Gasteiger charge is 2.21. The highest BCUT2D eigenvalue weighted by atomic mass is 35.5. The first-order valence-corrected chi connectivity index (χ1v) is 8.74. The van der Waals surface area contributed by atoms with E-state index in [0.717, 1.165) is 5.56 Å². The number of benzene rings is 1. The maximum atomic E-state index is 14.2. The molecule has 0 spiro atoms. The van der Waals surface area contributed by atoms with Crippen molar-refractivity contribution in [1.82, 2.24) is 9.97 Å². The first-order valence-electron chi connectivity index (χ1n) is 8.36. The number of carbonyl (C=O) groups excluding carboxylic acids is 1. The van der Waals surface area contributed by atoms with Gasteiger partial charge in [-0.3, -0.25) is 4.98 Å². The number of fused-ring (bicyclic) bond motifs is 1. The molecule has 3 aromatic rings. The molecule has 0 aliphatic rings. The van der Waals surface area contributed by atoms with E-state index in [1.54, 1.807) is 32.2 Å². The molecule has 1 aromatic carbocycles. The first-order chi connectivity index (χ1) is 12.5. The number of aryl methyl sites for hydroxylation is 1. The second-order valence-corrected chi connectivity index (χ2v) is 5.65. The molecule has 0 aliphatic heterocycles. The molecule has 0 fully saturated rings. The summed E-state index contributed by atoms with van der Waals surface area (Å²) in [5.74, 6) is -0.978. The third-order valence-corrected chi connectivity index (χ3v) is 3.82. The van der Waals surface area contributed by atoms with Gasteiger partial charge in [0.15, 0.2) is 0 Å². The number of hydrogen-bond donors (Lipinski definition) is 2. The van der Waals surface area contributed by atoms with Crippen molar-refractivity contribution in [1.29, 1.82) is 0 Å². The molecule has 0 saturated heterocycles. The molecular weight excluding hydrogens is 357 g/mol. The summed E-state index contributed by atoms with van der Waals surface area (Å²) in [6.45, 7) is 7.73. The average Bonchev–Trinajstić information content (AvgIpc) is 2.99. The maximum absolute atomic E-state index is 14.2. The Balaban J connectivity index is 0.00000117. The summed E-state index contributed by atoms with van der Waals surface area (Å²) in [5, 5.41) is 3.88. The molecule has 2 N–H and O–H groups in total. The lowest BCUT2D eigenvalue weighted by Gasteiger charge is -2.09. The fourth-order valence-corrected chi connectivity index (χ4v) is 2.62. The van der Waals surface area contributed by atoms with E-state index in [0.29, 0.717) is 21.6 Å². The monoisotopic (exact) mass is 377 g/mol. The van der Waals surface area contributed by atoms with E-state index in [1.165, 1.54) is 12.3 Å². The molecule has 0 amide bonds. The summed E-state index contributed by atoms with van der Waals surface area (Å²) in [7, 11) is 0. The van der Waals surface area contributed by atoms with Crippen LogP contribution in [-0.2, 0) is 4.74 Å². The third kappa shape index (κ3) is 3.96. The Labute approximate surface area is 156 Å². The molecule has 0 atom stereocenters. The molecule has 7 heteroatoms. The molecule has 3 rings (SSSR count). The van der Waals surface area contributed by atoms with Gasteiger partial charge in [-0.05, 0) is 31.5 Å². The minimum Gasteiger partial charge on any atom is -0.461 e. The first kappa shape index (κ1) is 19.7. The van der Waals surface area contributed by atoms with Crippen LogP contribution in [0.5, 0.6) is 0 Å².